The van der Waals surface area contributed by atoms with Gasteiger partial charge in [-0.3, -0.25) is 9.59 Å². The molecule has 276 valence electrons. The first-order valence-corrected chi connectivity index (χ1v) is 17.2. The fourth-order valence-corrected chi connectivity index (χ4v) is 5.11. The molecule has 12 nitrogen and oxygen atoms in total. The van der Waals surface area contributed by atoms with E-state index in [9.17, 15) is 19.2 Å². The highest BCUT2D eigenvalue weighted by molar-refractivity contribution is 5.94. The highest BCUT2D eigenvalue weighted by Crippen LogP contribution is 2.26. The average Bonchev–Trinajstić information content (AvgIpc) is 3.55. The Morgan fingerprint density at radius 1 is 0.846 bits per heavy atom. The van der Waals surface area contributed by atoms with E-state index in [-0.39, 0.29) is 38.4 Å². The van der Waals surface area contributed by atoms with E-state index in [0.29, 0.717) is 22.8 Å². The molecule has 2 atom stereocenters. The van der Waals surface area contributed by atoms with Crippen LogP contribution in [0.25, 0.3) is 0 Å². The Morgan fingerprint density at radius 2 is 1.48 bits per heavy atom. The SMILES string of the molecule is CCOC(=O)C(c1ccc(Oc2ccccc2)cc1)n1cnc(CCC(=O)[C@@H](COCc2ccccc2)NC(=O)C(C)(C)NC(=O)OC(C)(C)C)c1. The number of ether oxygens (including phenoxy) is 4. The fourth-order valence-electron chi connectivity index (χ4n) is 5.11. The molecule has 0 aliphatic carbocycles. The molecule has 0 saturated heterocycles. The topological polar surface area (TPSA) is 147 Å². The summed E-state index contributed by atoms with van der Waals surface area (Å²) in [7, 11) is 0. The van der Waals surface area contributed by atoms with Crippen LogP contribution in [-0.4, -0.2) is 63.7 Å². The summed E-state index contributed by atoms with van der Waals surface area (Å²) < 4.78 is 24.1. The summed E-state index contributed by atoms with van der Waals surface area (Å²) in [4.78, 5) is 57.1. The summed E-state index contributed by atoms with van der Waals surface area (Å²) in [6.07, 6.45) is 2.73. The molecule has 4 rings (SSSR count). The summed E-state index contributed by atoms with van der Waals surface area (Å²) in [6, 6.07) is 24.2. The second-order valence-corrected chi connectivity index (χ2v) is 13.7. The van der Waals surface area contributed by atoms with Gasteiger partial charge in [0, 0.05) is 12.6 Å². The largest absolute Gasteiger partial charge is 0.464 e. The van der Waals surface area contributed by atoms with Crippen molar-refractivity contribution in [1.82, 2.24) is 20.2 Å². The molecule has 3 aromatic carbocycles. The highest BCUT2D eigenvalue weighted by atomic mass is 16.6. The number of aromatic nitrogens is 2. The van der Waals surface area contributed by atoms with Crippen molar-refractivity contribution in [2.24, 2.45) is 0 Å². The lowest BCUT2D eigenvalue weighted by atomic mass is 10.0. The average molecular weight is 713 g/mol. The van der Waals surface area contributed by atoms with Crippen LogP contribution in [0.1, 0.15) is 70.8 Å². The summed E-state index contributed by atoms with van der Waals surface area (Å²) in [6.45, 7) is 10.3. The van der Waals surface area contributed by atoms with E-state index in [1.165, 1.54) is 20.2 Å². The van der Waals surface area contributed by atoms with E-state index >= 15 is 0 Å². The number of carbonyl (C=O) groups is 4. The third-order valence-corrected chi connectivity index (χ3v) is 7.74. The van der Waals surface area contributed by atoms with E-state index in [4.69, 9.17) is 18.9 Å². The van der Waals surface area contributed by atoms with Crippen molar-refractivity contribution < 1.29 is 38.1 Å². The number of amides is 2. The van der Waals surface area contributed by atoms with Crippen LogP contribution < -0.4 is 15.4 Å². The lowest BCUT2D eigenvalue weighted by Gasteiger charge is -2.29. The molecule has 0 saturated carbocycles. The normalized spacial score (nSPS) is 12.7. The second kappa shape index (κ2) is 18.1. The Labute approximate surface area is 304 Å². The van der Waals surface area contributed by atoms with Crippen molar-refractivity contribution in [3.63, 3.8) is 0 Å². The van der Waals surface area contributed by atoms with Crippen molar-refractivity contribution in [3.05, 3.63) is 114 Å². The number of carbonyl (C=O) groups excluding carboxylic acids is 4. The van der Waals surface area contributed by atoms with Gasteiger partial charge in [0.15, 0.2) is 11.8 Å². The Bertz CT molecular complexity index is 1770. The molecule has 0 fully saturated rings. The smallest absolute Gasteiger partial charge is 0.408 e. The number of nitrogens with zero attached hydrogens (tertiary/aromatic N) is 2. The van der Waals surface area contributed by atoms with Gasteiger partial charge in [0.1, 0.15) is 28.7 Å². The first-order chi connectivity index (χ1) is 24.7. The Hall–Kier alpha value is -5.49. The number of ketones is 1. The van der Waals surface area contributed by atoms with Crippen LogP contribution in [0.15, 0.2) is 97.5 Å². The van der Waals surface area contributed by atoms with Gasteiger partial charge in [-0.1, -0.05) is 60.7 Å². The zero-order chi connectivity index (χ0) is 37.7. The number of esters is 1. The Balaban J connectivity index is 1.45. The third kappa shape index (κ3) is 12.1. The number of hydrogen-bond acceptors (Lipinski definition) is 9. The van der Waals surface area contributed by atoms with E-state index in [2.05, 4.69) is 15.6 Å². The molecular weight excluding hydrogens is 664 g/mol. The van der Waals surface area contributed by atoms with Gasteiger partial charge in [-0.25, -0.2) is 14.6 Å². The molecular formula is C40H48N4O8. The highest BCUT2D eigenvalue weighted by Gasteiger charge is 2.34. The number of aryl methyl sites for hydroxylation is 1. The van der Waals surface area contributed by atoms with Gasteiger partial charge in [0.05, 0.1) is 31.8 Å². The number of alkyl carbamates (subject to hydrolysis) is 1. The maximum absolute atomic E-state index is 13.6. The monoisotopic (exact) mass is 712 g/mol. The molecule has 2 amide bonds. The minimum absolute atomic E-state index is 0.0200. The number of nitrogens with one attached hydrogen (secondary N) is 2. The summed E-state index contributed by atoms with van der Waals surface area (Å²) in [5.41, 5.74) is -0.0143. The number of Topliss-reactive ketones (excluding diaryl/α,β-unsaturated/α-hetero) is 1. The summed E-state index contributed by atoms with van der Waals surface area (Å²) in [5, 5.41) is 5.33. The van der Waals surface area contributed by atoms with E-state index in [1.54, 1.807) is 62.7 Å². The van der Waals surface area contributed by atoms with Gasteiger partial charge in [-0.05, 0) is 83.4 Å². The molecule has 1 unspecified atom stereocenters. The van der Waals surface area contributed by atoms with Gasteiger partial charge in [0.2, 0.25) is 5.91 Å². The van der Waals surface area contributed by atoms with Gasteiger partial charge in [-0.2, -0.15) is 0 Å². The molecule has 0 radical (unpaired) electrons. The van der Waals surface area contributed by atoms with Gasteiger partial charge < -0.3 is 34.1 Å². The van der Waals surface area contributed by atoms with Crippen LogP contribution in [0.4, 0.5) is 4.79 Å². The number of imidazole rings is 1. The van der Waals surface area contributed by atoms with Gasteiger partial charge in [-0.15, -0.1) is 0 Å². The number of para-hydroxylation sites is 1. The maximum Gasteiger partial charge on any atom is 0.408 e. The zero-order valence-electron chi connectivity index (χ0n) is 30.6. The molecule has 52 heavy (non-hydrogen) atoms. The molecule has 0 spiro atoms. The minimum atomic E-state index is -1.40. The molecule has 0 aliphatic heterocycles. The predicted octanol–water partition coefficient (Wildman–Crippen LogP) is 6.33. The maximum atomic E-state index is 13.6. The quantitative estimate of drug-likeness (QED) is 0.120. The van der Waals surface area contributed by atoms with Crippen LogP contribution in [0.2, 0.25) is 0 Å². The van der Waals surface area contributed by atoms with Crippen molar-refractivity contribution in [2.75, 3.05) is 13.2 Å². The van der Waals surface area contributed by atoms with Crippen molar-refractivity contribution in [3.8, 4) is 11.5 Å². The molecule has 0 aliphatic rings. The molecule has 4 aromatic rings. The predicted molar refractivity (Wildman–Crippen MR) is 195 cm³/mol. The number of benzene rings is 3. The first kappa shape index (κ1) is 39.3. The number of hydrogen-bond donors (Lipinski definition) is 2. The fraction of sp³-hybridized carbons (Fsp3) is 0.375. The molecule has 1 aromatic heterocycles. The first-order valence-electron chi connectivity index (χ1n) is 17.2. The lowest BCUT2D eigenvalue weighted by molar-refractivity contribution is -0.145. The van der Waals surface area contributed by atoms with Crippen LogP contribution in [0, 0.1) is 0 Å². The summed E-state index contributed by atoms with van der Waals surface area (Å²) in [5.74, 6) is -0.0283. The summed E-state index contributed by atoms with van der Waals surface area (Å²) >= 11 is 0. The Morgan fingerprint density at radius 3 is 2.12 bits per heavy atom. The Kier molecular flexibility index (Phi) is 13.7. The van der Waals surface area contributed by atoms with Gasteiger partial charge in [0.25, 0.3) is 0 Å². The second-order valence-electron chi connectivity index (χ2n) is 13.7. The van der Waals surface area contributed by atoms with Crippen molar-refractivity contribution in [1.29, 1.82) is 0 Å². The van der Waals surface area contributed by atoms with Crippen LogP contribution >= 0.6 is 0 Å². The number of rotatable bonds is 17. The van der Waals surface area contributed by atoms with Gasteiger partial charge >= 0.3 is 12.1 Å². The third-order valence-electron chi connectivity index (χ3n) is 7.74. The van der Waals surface area contributed by atoms with E-state index in [0.717, 1.165) is 5.56 Å². The molecule has 1 heterocycles. The van der Waals surface area contributed by atoms with Crippen LogP contribution in [-0.2, 0) is 41.6 Å². The minimum Gasteiger partial charge on any atom is -0.464 e. The molecule has 2 N–H and O–H groups in total. The zero-order valence-corrected chi connectivity index (χ0v) is 30.6. The molecule has 0 bridgehead atoms. The lowest BCUT2D eigenvalue weighted by Crippen LogP contribution is -2.59. The standard InChI is InChI=1S/C40H48N4O8/c1-7-50-36(46)35(29-18-21-32(22-19-29)51-31-16-12-9-13-17-31)44-24-30(41-27-44)20-23-34(45)33(26-49-25-28-14-10-8-11-15-28)42-37(47)40(5,6)43-38(48)52-39(2,3)4/h8-19,21-22,24,27,33,35H,7,20,23,25-26H2,1-6H3,(H,42,47)(H,43,48)/t33-,35?/m1/s1. The van der Waals surface area contributed by atoms with Crippen molar-refractivity contribution in [2.45, 2.75) is 84.2 Å². The van der Waals surface area contributed by atoms with Crippen molar-refractivity contribution >= 4 is 23.8 Å². The van der Waals surface area contributed by atoms with Crippen LogP contribution in [0.5, 0.6) is 11.5 Å². The molecule has 12 heteroatoms. The van der Waals surface area contributed by atoms with E-state index < -0.39 is 41.2 Å². The van der Waals surface area contributed by atoms with Crippen LogP contribution in [0.3, 0.4) is 0 Å². The van der Waals surface area contributed by atoms with E-state index in [1.807, 2.05) is 60.7 Å².